The Labute approximate surface area is 314 Å². The van der Waals surface area contributed by atoms with Crippen LogP contribution in [0.25, 0.3) is 33.6 Å². The number of benzene rings is 4. The van der Waals surface area contributed by atoms with E-state index in [9.17, 15) is 9.90 Å². The van der Waals surface area contributed by atoms with Crippen LogP contribution in [0.1, 0.15) is 63.0 Å². The molecular weight excluding hydrogens is 728 g/mol. The molecule has 0 unspecified atom stereocenters. The highest BCUT2D eigenvalue weighted by Crippen LogP contribution is 2.50. The Hall–Kier alpha value is -6.13. The van der Waals surface area contributed by atoms with Crippen molar-refractivity contribution in [2.24, 2.45) is 0 Å². The van der Waals surface area contributed by atoms with E-state index in [0.717, 1.165) is 73.2 Å². The number of rotatable bonds is 10. The molecule has 1 aliphatic heterocycles. The molecule has 2 aromatic heterocycles. The van der Waals surface area contributed by atoms with Crippen LogP contribution < -0.4 is 0 Å². The molecule has 1 fully saturated rings. The number of aromatic nitrogens is 6. The first-order chi connectivity index (χ1) is 26.0. The number of aryl methyl sites for hydroxylation is 1. The van der Waals surface area contributed by atoms with Crippen LogP contribution in [0.5, 0.6) is 0 Å². The first-order valence-electron chi connectivity index (χ1n) is 17.5. The topological polar surface area (TPSA) is 112 Å². The van der Waals surface area contributed by atoms with Crippen LogP contribution in [0.15, 0.2) is 143 Å². The van der Waals surface area contributed by atoms with Crippen LogP contribution >= 0.6 is 15.9 Å². The number of halogens is 1. The number of nitrogens with zero attached hydrogens (tertiary/aromatic N) is 6. The Morgan fingerprint density at radius 3 is 1.98 bits per heavy atom. The Morgan fingerprint density at radius 2 is 1.40 bits per heavy atom. The van der Waals surface area contributed by atoms with Crippen molar-refractivity contribution in [2.45, 2.75) is 37.8 Å². The zero-order valence-electron chi connectivity index (χ0n) is 28.7. The van der Waals surface area contributed by atoms with E-state index in [2.05, 4.69) is 52.3 Å². The Bertz CT molecular complexity index is 2460. The van der Waals surface area contributed by atoms with E-state index in [-0.39, 0.29) is 11.6 Å². The maximum absolute atomic E-state index is 12.6. The molecule has 0 saturated heterocycles. The highest BCUT2D eigenvalue weighted by atomic mass is 79.9. The van der Waals surface area contributed by atoms with E-state index in [1.54, 1.807) is 24.2 Å². The third kappa shape index (κ3) is 5.40. The lowest BCUT2D eigenvalue weighted by molar-refractivity contribution is 0.0684. The van der Waals surface area contributed by atoms with Gasteiger partial charge in [0, 0.05) is 27.1 Å². The van der Waals surface area contributed by atoms with Crippen molar-refractivity contribution in [3.8, 4) is 33.6 Å². The lowest BCUT2D eigenvalue weighted by Gasteiger charge is -2.34. The largest absolute Gasteiger partial charge is 0.477 e. The summed E-state index contributed by atoms with van der Waals surface area (Å²) in [6.45, 7) is 2.08. The molecule has 260 valence electrons. The van der Waals surface area contributed by atoms with Crippen molar-refractivity contribution in [1.82, 2.24) is 29.8 Å². The quantitative estimate of drug-likeness (QED) is 0.138. The first-order valence-corrected chi connectivity index (χ1v) is 18.3. The second-order valence-electron chi connectivity index (χ2n) is 13.4. The minimum Gasteiger partial charge on any atom is -0.477 e. The van der Waals surface area contributed by atoms with Crippen molar-refractivity contribution in [1.29, 1.82) is 0 Å². The van der Waals surface area contributed by atoms with Crippen LogP contribution in [0.3, 0.4) is 0 Å². The molecular formula is C43H33BrN6O3. The maximum Gasteiger partial charge on any atom is 0.354 e. The van der Waals surface area contributed by atoms with Crippen LogP contribution in [0.4, 0.5) is 0 Å². The average molecular weight is 762 g/mol. The van der Waals surface area contributed by atoms with E-state index < -0.39 is 11.5 Å². The summed E-state index contributed by atoms with van der Waals surface area (Å²) >= 11 is 3.94. The molecule has 9 nitrogen and oxygen atoms in total. The van der Waals surface area contributed by atoms with Crippen LogP contribution in [-0.4, -0.2) is 40.8 Å². The number of fused-ring (bicyclic) bond motifs is 1. The molecule has 53 heavy (non-hydrogen) atoms. The summed E-state index contributed by atoms with van der Waals surface area (Å²) in [6, 6.07) is 40.7. The number of carbonyl (C=O) groups is 1. The van der Waals surface area contributed by atoms with E-state index >= 15 is 0 Å². The Morgan fingerprint density at radius 1 is 0.811 bits per heavy atom. The van der Waals surface area contributed by atoms with Gasteiger partial charge in [0.25, 0.3) is 0 Å². The van der Waals surface area contributed by atoms with Gasteiger partial charge in [0.05, 0.1) is 24.8 Å². The fourth-order valence-electron chi connectivity index (χ4n) is 7.73. The molecule has 3 heterocycles. The lowest BCUT2D eigenvalue weighted by atomic mass is 9.77. The fraction of sp³-hybridized carbons (Fsp3) is 0.140. The van der Waals surface area contributed by atoms with Gasteiger partial charge in [-0.3, -0.25) is 0 Å². The summed E-state index contributed by atoms with van der Waals surface area (Å²) < 4.78 is 8.38. The monoisotopic (exact) mass is 760 g/mol. The predicted octanol–water partition coefficient (Wildman–Crippen LogP) is 9.44. The highest BCUT2D eigenvalue weighted by molar-refractivity contribution is 9.10. The summed E-state index contributed by atoms with van der Waals surface area (Å²) in [4.78, 5) is 19.1. The van der Waals surface area contributed by atoms with Gasteiger partial charge in [0.1, 0.15) is 5.82 Å². The van der Waals surface area contributed by atoms with E-state index in [0.29, 0.717) is 18.1 Å². The summed E-state index contributed by atoms with van der Waals surface area (Å²) in [6.07, 6.45) is 5.35. The molecule has 2 aliphatic carbocycles. The normalized spacial score (nSPS) is 13.1. The average Bonchev–Trinajstić information content (AvgIpc) is 3.73. The molecule has 10 heteroatoms. The predicted molar refractivity (Wildman–Crippen MR) is 205 cm³/mol. The van der Waals surface area contributed by atoms with E-state index in [4.69, 9.17) is 24.8 Å². The summed E-state index contributed by atoms with van der Waals surface area (Å²) in [5.41, 5.74) is 8.08. The molecule has 4 aromatic carbocycles. The van der Waals surface area contributed by atoms with Crippen molar-refractivity contribution in [2.75, 3.05) is 0 Å². The lowest BCUT2D eigenvalue weighted by Crippen LogP contribution is -2.39. The zero-order valence-corrected chi connectivity index (χ0v) is 30.3. The minimum absolute atomic E-state index is 0.209. The highest BCUT2D eigenvalue weighted by Gasteiger charge is 2.41. The Kier molecular flexibility index (Phi) is 8.11. The van der Waals surface area contributed by atoms with Crippen LogP contribution in [0, 0.1) is 6.92 Å². The molecule has 9 rings (SSSR count). The number of carboxylic acids is 1. The molecule has 0 atom stereocenters. The molecule has 0 spiro atoms. The zero-order chi connectivity index (χ0) is 36.1. The summed E-state index contributed by atoms with van der Waals surface area (Å²) in [5.74, 6) is 0.515. The molecule has 3 aliphatic rings. The standard InChI is InChI=1S/C43H33BrN6O3/c1-27-39(42(51)52)49(41(45-27)28-21-22-28)25-35-32-23-24-53-26-36(32)38(44)37(35)33-19-11-12-20-34(33)40-46-48-50(47-40)43(29-13-5-2-6-14-29,30-15-7-3-8-16-30)31-17-9-4-10-18-31/h2-20,23-24,26,28H,21-22,25H2,1H3,(H,51,52). The van der Waals surface area contributed by atoms with Gasteiger partial charge in [-0.15, -0.1) is 15.0 Å². The van der Waals surface area contributed by atoms with Gasteiger partial charge in [-0.25, -0.2) is 9.78 Å². The van der Waals surface area contributed by atoms with Gasteiger partial charge >= 0.3 is 5.97 Å². The van der Waals surface area contributed by atoms with Crippen molar-refractivity contribution < 1.29 is 14.3 Å². The fourth-order valence-corrected chi connectivity index (χ4v) is 8.49. The molecule has 0 bridgehead atoms. The summed E-state index contributed by atoms with van der Waals surface area (Å²) in [5, 5.41) is 25.1. The molecule has 1 saturated carbocycles. The smallest absolute Gasteiger partial charge is 0.354 e. The third-order valence-corrected chi connectivity index (χ3v) is 11.1. The maximum atomic E-state index is 12.6. The number of hydrogen-bond acceptors (Lipinski definition) is 6. The second-order valence-corrected chi connectivity index (χ2v) is 14.2. The number of tetrazole rings is 1. The van der Waals surface area contributed by atoms with Gasteiger partial charge < -0.3 is 14.1 Å². The van der Waals surface area contributed by atoms with Crippen LogP contribution in [0.2, 0.25) is 0 Å². The van der Waals surface area contributed by atoms with Crippen LogP contribution in [-0.2, 0) is 12.1 Å². The molecule has 0 amide bonds. The van der Waals surface area contributed by atoms with E-state index in [1.165, 1.54) is 0 Å². The third-order valence-electron chi connectivity index (χ3n) is 10.2. The van der Waals surface area contributed by atoms with Crippen molar-refractivity contribution >= 4 is 21.9 Å². The van der Waals surface area contributed by atoms with Gasteiger partial charge in [-0.05, 0) is 80.4 Å². The number of carboxylic acid groups (broad SMARTS) is 1. The van der Waals surface area contributed by atoms with Crippen molar-refractivity contribution in [3.05, 3.63) is 178 Å². The number of aromatic carboxylic acids is 1. The van der Waals surface area contributed by atoms with Gasteiger partial charge in [-0.1, -0.05) is 115 Å². The van der Waals surface area contributed by atoms with Gasteiger partial charge in [0.15, 0.2) is 11.2 Å². The number of hydrogen-bond donors (Lipinski definition) is 1. The summed E-state index contributed by atoms with van der Waals surface area (Å²) in [7, 11) is 0. The first kappa shape index (κ1) is 32.8. The van der Waals surface area contributed by atoms with Gasteiger partial charge in [-0.2, -0.15) is 0 Å². The van der Waals surface area contributed by atoms with E-state index in [1.807, 2.05) is 89.5 Å². The Balaban J connectivity index is 1.25. The van der Waals surface area contributed by atoms with Crippen molar-refractivity contribution in [3.63, 3.8) is 0 Å². The molecule has 0 radical (unpaired) electrons. The minimum atomic E-state index is -0.992. The molecule has 1 N–H and O–H groups in total. The number of imidazole rings is 1. The SMILES string of the molecule is Cc1nc(C2CC2)n(Cc2c3ccocc-3c(Br)c2-c2ccccc2-c2nnn(C(c3ccccc3)(c3ccccc3)c3ccccc3)n2)c1C(=O)O. The molecule has 6 aromatic rings. The second kappa shape index (κ2) is 13.1. The van der Waals surface area contributed by atoms with Gasteiger partial charge in [0.2, 0.25) is 5.82 Å².